The van der Waals surface area contributed by atoms with Gasteiger partial charge < -0.3 is 4.74 Å². The third kappa shape index (κ3) is 2.77. The standard InChI is InChI=1S/C22H23N2O3S/c1-15-9-11-16(12-10-15)23-28(25,26)20-14-13-19(27-4)22-21(20)17-7-5-6-8-18(17)24(22,2)3/h5-14,23H,1-4H3/q+1. The lowest BCUT2D eigenvalue weighted by Crippen LogP contribution is -2.32. The first kappa shape index (κ1) is 18.5. The predicted octanol–water partition coefficient (Wildman–Crippen LogP) is 4.68. The highest BCUT2D eigenvalue weighted by Crippen LogP contribution is 2.56. The molecule has 0 amide bonds. The minimum absolute atomic E-state index is 0.250. The second-order valence-corrected chi connectivity index (χ2v) is 9.08. The fraction of sp³-hybridized carbons (Fsp3) is 0.182. The lowest BCUT2D eigenvalue weighted by molar-refractivity contribution is 0.402. The zero-order valence-electron chi connectivity index (χ0n) is 16.4. The van der Waals surface area contributed by atoms with Crippen molar-refractivity contribution in [3.63, 3.8) is 0 Å². The molecule has 1 N–H and O–H groups in total. The van der Waals surface area contributed by atoms with E-state index in [-0.39, 0.29) is 4.90 Å². The molecule has 5 nitrogen and oxygen atoms in total. The number of para-hydroxylation sites is 1. The first-order valence-corrected chi connectivity index (χ1v) is 10.5. The highest BCUT2D eigenvalue weighted by atomic mass is 32.2. The van der Waals surface area contributed by atoms with Crippen LogP contribution in [0.5, 0.6) is 5.75 Å². The molecule has 0 spiro atoms. The normalized spacial score (nSPS) is 14.3. The zero-order chi connectivity index (χ0) is 20.1. The summed E-state index contributed by atoms with van der Waals surface area (Å²) in [7, 11) is 1.90. The number of benzene rings is 3. The van der Waals surface area contributed by atoms with Crippen LogP contribution in [-0.4, -0.2) is 29.6 Å². The molecule has 0 saturated carbocycles. The highest BCUT2D eigenvalue weighted by molar-refractivity contribution is 7.92. The van der Waals surface area contributed by atoms with Crippen LogP contribution >= 0.6 is 0 Å². The van der Waals surface area contributed by atoms with Gasteiger partial charge in [-0.15, -0.1) is 0 Å². The summed E-state index contributed by atoms with van der Waals surface area (Å²) in [6.45, 7) is 1.96. The molecule has 1 heterocycles. The third-order valence-electron chi connectivity index (χ3n) is 5.25. The molecule has 0 atom stereocenters. The lowest BCUT2D eigenvalue weighted by Gasteiger charge is -2.26. The molecule has 3 aromatic carbocycles. The molecule has 4 rings (SSSR count). The van der Waals surface area contributed by atoms with Gasteiger partial charge in [-0.25, -0.2) is 8.42 Å². The van der Waals surface area contributed by atoms with Crippen molar-refractivity contribution in [1.29, 1.82) is 0 Å². The number of nitrogens with one attached hydrogen (secondary N) is 1. The van der Waals surface area contributed by atoms with Gasteiger partial charge in [-0.2, -0.15) is 0 Å². The van der Waals surface area contributed by atoms with E-state index < -0.39 is 10.0 Å². The van der Waals surface area contributed by atoms with Crippen LogP contribution in [0.25, 0.3) is 11.1 Å². The number of hydrogen-bond donors (Lipinski definition) is 1. The highest BCUT2D eigenvalue weighted by Gasteiger charge is 2.43. The largest absolute Gasteiger partial charge is 0.491 e. The second kappa shape index (κ2) is 6.36. The molecule has 3 aromatic rings. The molecule has 6 heteroatoms. The molecule has 0 saturated heterocycles. The summed E-state index contributed by atoms with van der Waals surface area (Å²) in [6.07, 6.45) is 0. The average molecular weight is 396 g/mol. The fourth-order valence-electron chi connectivity index (χ4n) is 3.88. The van der Waals surface area contributed by atoms with Gasteiger partial charge in [-0.3, -0.25) is 9.21 Å². The van der Waals surface area contributed by atoms with Crippen LogP contribution in [0.4, 0.5) is 17.1 Å². The van der Waals surface area contributed by atoms with E-state index in [9.17, 15) is 8.42 Å². The van der Waals surface area contributed by atoms with E-state index >= 15 is 0 Å². The molecule has 144 valence electrons. The number of nitrogens with zero attached hydrogens (tertiary/aromatic N) is 1. The number of aryl methyl sites for hydroxylation is 1. The van der Waals surface area contributed by atoms with Crippen LogP contribution in [-0.2, 0) is 10.0 Å². The van der Waals surface area contributed by atoms with Crippen LogP contribution in [0.3, 0.4) is 0 Å². The number of hydrogen-bond acceptors (Lipinski definition) is 3. The Bertz CT molecular complexity index is 1170. The summed E-state index contributed by atoms with van der Waals surface area (Å²) >= 11 is 0. The Morgan fingerprint density at radius 3 is 2.29 bits per heavy atom. The predicted molar refractivity (Wildman–Crippen MR) is 114 cm³/mol. The number of anilines is 1. The molecule has 1 aliphatic rings. The van der Waals surface area contributed by atoms with Gasteiger partial charge in [0.25, 0.3) is 10.0 Å². The van der Waals surface area contributed by atoms with Crippen molar-refractivity contribution >= 4 is 27.1 Å². The van der Waals surface area contributed by atoms with E-state index in [1.54, 1.807) is 31.4 Å². The minimum atomic E-state index is -3.78. The smallest absolute Gasteiger partial charge is 0.262 e. The van der Waals surface area contributed by atoms with E-state index in [1.807, 2.05) is 57.4 Å². The number of fused-ring (bicyclic) bond motifs is 3. The Balaban J connectivity index is 1.94. The van der Waals surface area contributed by atoms with E-state index in [0.29, 0.717) is 21.5 Å². The Labute approximate surface area is 165 Å². The summed E-state index contributed by atoms with van der Waals surface area (Å²) in [4.78, 5) is 0.250. The van der Waals surface area contributed by atoms with Crippen LogP contribution in [0, 0.1) is 6.92 Å². The first-order valence-electron chi connectivity index (χ1n) is 9.00. The molecule has 0 bridgehead atoms. The number of rotatable bonds is 4. The molecule has 0 unspecified atom stereocenters. The van der Waals surface area contributed by atoms with Crippen molar-refractivity contribution in [2.24, 2.45) is 0 Å². The fourth-order valence-corrected chi connectivity index (χ4v) is 5.16. The molecule has 28 heavy (non-hydrogen) atoms. The van der Waals surface area contributed by atoms with E-state index in [0.717, 1.165) is 22.5 Å². The monoisotopic (exact) mass is 395 g/mol. The minimum Gasteiger partial charge on any atom is -0.491 e. The molecule has 0 aliphatic carbocycles. The summed E-state index contributed by atoms with van der Waals surface area (Å²) in [5.41, 5.74) is 5.09. The number of quaternary nitrogens is 1. The Morgan fingerprint density at radius 1 is 0.929 bits per heavy atom. The van der Waals surface area contributed by atoms with Crippen molar-refractivity contribution in [2.75, 3.05) is 25.9 Å². The topological polar surface area (TPSA) is 55.4 Å². The van der Waals surface area contributed by atoms with E-state index in [1.165, 1.54) is 0 Å². The molecular weight excluding hydrogens is 372 g/mol. The lowest BCUT2D eigenvalue weighted by atomic mass is 10.1. The Morgan fingerprint density at radius 2 is 1.61 bits per heavy atom. The van der Waals surface area contributed by atoms with Crippen LogP contribution in [0.15, 0.2) is 65.6 Å². The number of sulfonamides is 1. The van der Waals surface area contributed by atoms with Crippen molar-refractivity contribution in [1.82, 2.24) is 4.48 Å². The summed E-state index contributed by atoms with van der Waals surface area (Å²) in [5.74, 6) is 0.672. The molecule has 0 aromatic heterocycles. The quantitative estimate of drug-likeness (QED) is 0.653. The van der Waals surface area contributed by atoms with Gasteiger partial charge in [-0.1, -0.05) is 29.8 Å². The molecule has 0 fully saturated rings. The molecular formula is C22H23N2O3S+. The van der Waals surface area contributed by atoms with Crippen LogP contribution < -0.4 is 13.9 Å². The van der Waals surface area contributed by atoms with Gasteiger partial charge in [0, 0.05) is 11.8 Å². The Kier molecular flexibility index (Phi) is 4.21. The van der Waals surface area contributed by atoms with Crippen LogP contribution in [0.2, 0.25) is 0 Å². The van der Waals surface area contributed by atoms with Gasteiger partial charge in [0.1, 0.15) is 10.6 Å². The maximum Gasteiger partial charge on any atom is 0.262 e. The SMILES string of the molecule is COc1ccc(S(=O)(=O)Nc2ccc(C)cc2)c2c1[N+](C)(C)c1ccccc1-2. The van der Waals surface area contributed by atoms with Gasteiger partial charge in [0.05, 0.1) is 32.3 Å². The van der Waals surface area contributed by atoms with Crippen molar-refractivity contribution < 1.29 is 13.2 Å². The Hall–Kier alpha value is -2.83. The zero-order valence-corrected chi connectivity index (χ0v) is 17.2. The first-order chi connectivity index (χ1) is 13.3. The van der Waals surface area contributed by atoms with E-state index in [4.69, 9.17) is 4.74 Å². The molecule has 1 aliphatic heterocycles. The van der Waals surface area contributed by atoms with Crippen molar-refractivity contribution in [3.05, 3.63) is 66.2 Å². The number of ether oxygens (including phenoxy) is 1. The number of methoxy groups -OCH3 is 1. The van der Waals surface area contributed by atoms with Crippen LogP contribution in [0.1, 0.15) is 5.56 Å². The summed E-state index contributed by atoms with van der Waals surface area (Å²) in [5, 5.41) is 0. The second-order valence-electron chi connectivity index (χ2n) is 7.43. The summed E-state index contributed by atoms with van der Waals surface area (Å²) in [6, 6.07) is 18.5. The maximum absolute atomic E-state index is 13.3. The van der Waals surface area contributed by atoms with Gasteiger partial charge in [0.15, 0.2) is 11.4 Å². The van der Waals surface area contributed by atoms with E-state index in [2.05, 4.69) is 4.72 Å². The third-order valence-corrected chi connectivity index (χ3v) is 6.67. The average Bonchev–Trinajstić information content (AvgIpc) is 2.91. The summed E-state index contributed by atoms with van der Waals surface area (Å²) < 4.78 is 35.3. The van der Waals surface area contributed by atoms with Gasteiger partial charge in [-0.05, 0) is 37.3 Å². The van der Waals surface area contributed by atoms with Crippen molar-refractivity contribution in [2.45, 2.75) is 11.8 Å². The van der Waals surface area contributed by atoms with Gasteiger partial charge >= 0.3 is 0 Å². The van der Waals surface area contributed by atoms with Crippen molar-refractivity contribution in [3.8, 4) is 16.9 Å². The maximum atomic E-state index is 13.3. The molecule has 0 radical (unpaired) electrons. The van der Waals surface area contributed by atoms with Gasteiger partial charge in [0.2, 0.25) is 0 Å².